The van der Waals surface area contributed by atoms with Crippen LogP contribution >= 0.6 is 0 Å². The second-order valence-corrected chi connectivity index (χ2v) is 6.41. The van der Waals surface area contributed by atoms with Gasteiger partial charge in [-0.25, -0.2) is 4.79 Å². The SMILES string of the molecule is CC(CN)c1ccc2c(c1)CCN2C(=O)OC(C)(C)C. The molecule has 0 saturated heterocycles. The number of carbonyl (C=O) groups is 1. The summed E-state index contributed by atoms with van der Waals surface area (Å²) in [6.45, 7) is 9.08. The van der Waals surface area contributed by atoms with E-state index in [1.807, 2.05) is 26.8 Å². The molecule has 0 spiro atoms. The summed E-state index contributed by atoms with van der Waals surface area (Å²) in [5, 5.41) is 0. The van der Waals surface area contributed by atoms with Crippen molar-refractivity contribution in [3.8, 4) is 0 Å². The largest absolute Gasteiger partial charge is 0.443 e. The molecule has 1 aliphatic heterocycles. The molecule has 2 rings (SSSR count). The van der Waals surface area contributed by atoms with Crippen LogP contribution in [0.2, 0.25) is 0 Å². The lowest BCUT2D eigenvalue weighted by molar-refractivity contribution is 0.0584. The minimum Gasteiger partial charge on any atom is -0.443 e. The van der Waals surface area contributed by atoms with Crippen molar-refractivity contribution in [2.75, 3.05) is 18.0 Å². The molecule has 0 fully saturated rings. The number of nitrogens with zero attached hydrogens (tertiary/aromatic N) is 1. The van der Waals surface area contributed by atoms with Gasteiger partial charge < -0.3 is 10.5 Å². The number of nitrogens with two attached hydrogens (primary N) is 1. The van der Waals surface area contributed by atoms with Crippen LogP contribution in [0.25, 0.3) is 0 Å². The highest BCUT2D eigenvalue weighted by Crippen LogP contribution is 2.31. The van der Waals surface area contributed by atoms with Crippen molar-refractivity contribution in [3.05, 3.63) is 29.3 Å². The smallest absolute Gasteiger partial charge is 0.414 e. The zero-order chi connectivity index (χ0) is 14.9. The molecule has 4 nitrogen and oxygen atoms in total. The van der Waals surface area contributed by atoms with Crippen molar-refractivity contribution in [3.63, 3.8) is 0 Å². The molecule has 0 aromatic heterocycles. The lowest BCUT2D eigenvalue weighted by Crippen LogP contribution is -2.35. The molecule has 4 heteroatoms. The van der Waals surface area contributed by atoms with E-state index in [4.69, 9.17) is 10.5 Å². The predicted molar refractivity (Wildman–Crippen MR) is 81.2 cm³/mol. The van der Waals surface area contributed by atoms with E-state index in [9.17, 15) is 4.79 Å². The number of anilines is 1. The molecule has 1 aromatic carbocycles. The average Bonchev–Trinajstić information content (AvgIpc) is 2.78. The molecule has 1 amide bonds. The van der Waals surface area contributed by atoms with E-state index in [1.54, 1.807) is 4.90 Å². The Hall–Kier alpha value is -1.55. The Labute approximate surface area is 120 Å². The van der Waals surface area contributed by atoms with Crippen molar-refractivity contribution in [2.24, 2.45) is 5.73 Å². The first kappa shape index (κ1) is 14.9. The highest BCUT2D eigenvalue weighted by Gasteiger charge is 2.29. The first-order chi connectivity index (χ1) is 9.31. The topological polar surface area (TPSA) is 55.6 Å². The van der Waals surface area contributed by atoms with Crippen LogP contribution in [-0.4, -0.2) is 24.8 Å². The fourth-order valence-electron chi connectivity index (χ4n) is 2.37. The maximum Gasteiger partial charge on any atom is 0.414 e. The van der Waals surface area contributed by atoms with Crippen molar-refractivity contribution in [1.29, 1.82) is 0 Å². The van der Waals surface area contributed by atoms with Crippen molar-refractivity contribution < 1.29 is 9.53 Å². The van der Waals surface area contributed by atoms with Crippen molar-refractivity contribution in [2.45, 2.75) is 45.6 Å². The van der Waals surface area contributed by atoms with Gasteiger partial charge in [0.1, 0.15) is 5.60 Å². The number of ether oxygens (including phenoxy) is 1. The second-order valence-electron chi connectivity index (χ2n) is 6.41. The molecule has 1 aliphatic rings. The number of rotatable bonds is 2. The van der Waals surface area contributed by atoms with Crippen LogP contribution in [0.1, 0.15) is 44.7 Å². The fraction of sp³-hybridized carbons (Fsp3) is 0.562. The minimum atomic E-state index is -0.464. The maximum atomic E-state index is 12.2. The van der Waals surface area contributed by atoms with Crippen LogP contribution in [0.15, 0.2) is 18.2 Å². The third kappa shape index (κ3) is 3.12. The van der Waals surface area contributed by atoms with Gasteiger partial charge in [-0.15, -0.1) is 0 Å². The number of hydrogen-bond acceptors (Lipinski definition) is 3. The third-order valence-corrected chi connectivity index (χ3v) is 3.54. The average molecular weight is 276 g/mol. The zero-order valence-electron chi connectivity index (χ0n) is 12.8. The molecule has 1 heterocycles. The zero-order valence-corrected chi connectivity index (χ0v) is 12.8. The summed E-state index contributed by atoms with van der Waals surface area (Å²) in [6.07, 6.45) is 0.607. The van der Waals surface area contributed by atoms with Crippen molar-refractivity contribution >= 4 is 11.8 Å². The van der Waals surface area contributed by atoms with Gasteiger partial charge in [0.05, 0.1) is 5.69 Å². The van der Waals surface area contributed by atoms with Gasteiger partial charge in [-0.1, -0.05) is 19.1 Å². The van der Waals surface area contributed by atoms with E-state index in [1.165, 1.54) is 11.1 Å². The summed E-state index contributed by atoms with van der Waals surface area (Å²) in [5.74, 6) is 0.343. The highest BCUT2D eigenvalue weighted by molar-refractivity contribution is 5.90. The van der Waals surface area contributed by atoms with Crippen LogP contribution in [0.3, 0.4) is 0 Å². The van der Waals surface area contributed by atoms with Gasteiger partial charge in [0.2, 0.25) is 0 Å². The van der Waals surface area contributed by atoms with E-state index >= 15 is 0 Å². The van der Waals surface area contributed by atoms with Gasteiger partial charge in [0.15, 0.2) is 0 Å². The van der Waals surface area contributed by atoms with Gasteiger partial charge in [-0.2, -0.15) is 0 Å². The van der Waals surface area contributed by atoms with Gasteiger partial charge in [-0.3, -0.25) is 4.90 Å². The number of fused-ring (bicyclic) bond motifs is 1. The Balaban J connectivity index is 2.19. The molecular formula is C16H24N2O2. The molecule has 1 aromatic rings. The molecule has 1 unspecified atom stereocenters. The summed E-state index contributed by atoms with van der Waals surface area (Å²) < 4.78 is 5.44. The first-order valence-electron chi connectivity index (χ1n) is 7.15. The van der Waals surface area contributed by atoms with E-state index in [0.29, 0.717) is 19.0 Å². The van der Waals surface area contributed by atoms with E-state index < -0.39 is 5.60 Å². The molecule has 0 radical (unpaired) electrons. The van der Waals surface area contributed by atoms with Crippen molar-refractivity contribution in [1.82, 2.24) is 0 Å². The van der Waals surface area contributed by atoms with Crippen LogP contribution in [0.4, 0.5) is 10.5 Å². The molecule has 20 heavy (non-hydrogen) atoms. The molecular weight excluding hydrogens is 252 g/mol. The Morgan fingerprint density at radius 2 is 2.15 bits per heavy atom. The third-order valence-electron chi connectivity index (χ3n) is 3.54. The lowest BCUT2D eigenvalue weighted by atomic mass is 9.98. The monoisotopic (exact) mass is 276 g/mol. The lowest BCUT2D eigenvalue weighted by Gasteiger charge is -2.25. The predicted octanol–water partition coefficient (Wildman–Crippen LogP) is 3.05. The standard InChI is InChI=1S/C16H24N2O2/c1-11(10-17)12-5-6-14-13(9-12)7-8-18(14)15(19)20-16(2,3)4/h5-6,9,11H,7-8,10,17H2,1-4H3. The van der Waals surface area contributed by atoms with Crippen LogP contribution in [0, 0.1) is 0 Å². The van der Waals surface area contributed by atoms with Gasteiger partial charge in [0, 0.05) is 6.54 Å². The van der Waals surface area contributed by atoms with E-state index in [0.717, 1.165) is 12.1 Å². The van der Waals surface area contributed by atoms with Gasteiger partial charge in [-0.05, 0) is 56.8 Å². The minimum absolute atomic E-state index is 0.268. The Morgan fingerprint density at radius 3 is 2.75 bits per heavy atom. The summed E-state index contributed by atoms with van der Waals surface area (Å²) in [7, 11) is 0. The Bertz CT molecular complexity index is 506. The summed E-state index contributed by atoms with van der Waals surface area (Å²) in [4.78, 5) is 13.9. The Kier molecular flexibility index (Phi) is 4.04. The molecule has 110 valence electrons. The maximum absolute atomic E-state index is 12.2. The van der Waals surface area contributed by atoms with E-state index in [-0.39, 0.29) is 6.09 Å². The van der Waals surface area contributed by atoms with Gasteiger partial charge in [0.25, 0.3) is 0 Å². The summed E-state index contributed by atoms with van der Waals surface area (Å²) >= 11 is 0. The van der Waals surface area contributed by atoms with E-state index in [2.05, 4.69) is 19.1 Å². The molecule has 0 saturated carbocycles. The Morgan fingerprint density at radius 1 is 1.45 bits per heavy atom. The summed E-state index contributed by atoms with van der Waals surface area (Å²) in [6, 6.07) is 6.23. The number of benzene rings is 1. The molecule has 2 N–H and O–H groups in total. The van der Waals surface area contributed by atoms with Gasteiger partial charge >= 0.3 is 6.09 Å². The highest BCUT2D eigenvalue weighted by atomic mass is 16.6. The quantitative estimate of drug-likeness (QED) is 0.903. The molecule has 0 aliphatic carbocycles. The van der Waals surface area contributed by atoms with Crippen LogP contribution in [0.5, 0.6) is 0 Å². The first-order valence-corrected chi connectivity index (χ1v) is 7.15. The second kappa shape index (κ2) is 5.44. The van der Waals surface area contributed by atoms with Crippen LogP contribution in [-0.2, 0) is 11.2 Å². The van der Waals surface area contributed by atoms with Crippen LogP contribution < -0.4 is 10.6 Å². The normalized spacial score (nSPS) is 15.9. The number of hydrogen-bond donors (Lipinski definition) is 1. The number of amides is 1. The number of carbonyl (C=O) groups excluding carboxylic acids is 1. The molecule has 0 bridgehead atoms. The molecule has 1 atom stereocenters. The fourth-order valence-corrected chi connectivity index (χ4v) is 2.37. The summed E-state index contributed by atoms with van der Waals surface area (Å²) in [5.41, 5.74) is 8.65.